The van der Waals surface area contributed by atoms with Crippen molar-refractivity contribution < 1.29 is 4.79 Å². The zero-order valence-electron chi connectivity index (χ0n) is 16.3. The lowest BCUT2D eigenvalue weighted by Crippen LogP contribution is -2.22. The van der Waals surface area contributed by atoms with Gasteiger partial charge in [-0.25, -0.2) is 10.5 Å². The number of carbonyl (C=O) groups excluding carboxylic acids is 1. The first-order chi connectivity index (χ1) is 15.2. The summed E-state index contributed by atoms with van der Waals surface area (Å²) in [7, 11) is 0. The van der Waals surface area contributed by atoms with Crippen molar-refractivity contribution in [2.24, 2.45) is 5.10 Å². The van der Waals surface area contributed by atoms with Gasteiger partial charge in [-0.1, -0.05) is 66.7 Å². The van der Waals surface area contributed by atoms with Gasteiger partial charge in [-0.05, 0) is 17.7 Å². The van der Waals surface area contributed by atoms with Gasteiger partial charge in [0.1, 0.15) is 0 Å². The Bertz CT molecular complexity index is 1500. The summed E-state index contributed by atoms with van der Waals surface area (Å²) in [6.45, 7) is 0. The van der Waals surface area contributed by atoms with Crippen molar-refractivity contribution in [3.63, 3.8) is 0 Å². The third kappa shape index (κ3) is 3.38. The SMILES string of the molecule is O=C(N/N=C/c1c(-c2ccccc2)[nH]c2ccccc12)c1n[nH]c(=O)c2ccccc12. The zero-order chi connectivity index (χ0) is 21.2. The number of carbonyl (C=O) groups is 1. The minimum atomic E-state index is -0.509. The quantitative estimate of drug-likeness (QED) is 0.312. The Hall–Kier alpha value is -4.52. The molecule has 0 aliphatic heterocycles. The standard InChI is InChI=1S/C24H17N5O2/c30-23-18-12-5-4-11-17(18)22(27-29-23)24(31)28-25-14-19-16-10-6-7-13-20(16)26-21(19)15-8-2-1-3-9-15/h1-14,26H,(H,28,31)(H,29,30)/b25-14+. The molecule has 7 heteroatoms. The number of nitrogens with zero attached hydrogens (tertiary/aromatic N) is 2. The lowest BCUT2D eigenvalue weighted by atomic mass is 10.1. The van der Waals surface area contributed by atoms with Crippen LogP contribution in [0.3, 0.4) is 0 Å². The summed E-state index contributed by atoms with van der Waals surface area (Å²) in [5.41, 5.74) is 6.05. The van der Waals surface area contributed by atoms with Crippen LogP contribution in [0.4, 0.5) is 0 Å². The maximum absolute atomic E-state index is 12.7. The molecule has 0 fully saturated rings. The number of nitrogens with one attached hydrogen (secondary N) is 3. The molecule has 0 unspecified atom stereocenters. The van der Waals surface area contributed by atoms with Gasteiger partial charge in [0, 0.05) is 21.9 Å². The molecule has 0 saturated heterocycles. The molecule has 0 bridgehead atoms. The molecule has 150 valence electrons. The van der Waals surface area contributed by atoms with Crippen LogP contribution in [0.5, 0.6) is 0 Å². The second kappa shape index (κ2) is 7.72. The second-order valence-electron chi connectivity index (χ2n) is 6.97. The Morgan fingerprint density at radius 3 is 2.35 bits per heavy atom. The fourth-order valence-electron chi connectivity index (χ4n) is 3.63. The number of fused-ring (bicyclic) bond motifs is 2. The Kier molecular flexibility index (Phi) is 4.61. The average molecular weight is 407 g/mol. The summed E-state index contributed by atoms with van der Waals surface area (Å²) in [6, 6.07) is 24.6. The van der Waals surface area contributed by atoms with Crippen molar-refractivity contribution in [2.75, 3.05) is 0 Å². The minimum Gasteiger partial charge on any atom is -0.354 e. The molecular formula is C24H17N5O2. The number of aromatic nitrogens is 3. The van der Waals surface area contributed by atoms with Gasteiger partial charge in [-0.2, -0.15) is 10.2 Å². The van der Waals surface area contributed by atoms with Crippen molar-refractivity contribution >= 4 is 33.8 Å². The molecule has 0 atom stereocenters. The molecule has 0 radical (unpaired) electrons. The Balaban J connectivity index is 1.50. The zero-order valence-corrected chi connectivity index (χ0v) is 16.3. The normalized spacial score (nSPS) is 11.4. The molecule has 7 nitrogen and oxygen atoms in total. The van der Waals surface area contributed by atoms with Crippen molar-refractivity contribution in [2.45, 2.75) is 0 Å². The first kappa shape index (κ1) is 18.5. The molecule has 0 aliphatic rings. The van der Waals surface area contributed by atoms with Crippen LogP contribution in [-0.4, -0.2) is 27.3 Å². The van der Waals surface area contributed by atoms with Gasteiger partial charge in [-0.3, -0.25) is 9.59 Å². The van der Waals surface area contributed by atoms with Crippen LogP contribution < -0.4 is 11.0 Å². The number of para-hydroxylation sites is 1. The Labute approximate surface area is 176 Å². The molecule has 5 aromatic rings. The molecular weight excluding hydrogens is 390 g/mol. The number of benzene rings is 3. The van der Waals surface area contributed by atoms with Gasteiger partial charge in [0.2, 0.25) is 0 Å². The fourth-order valence-corrected chi connectivity index (χ4v) is 3.63. The maximum Gasteiger partial charge on any atom is 0.292 e. The van der Waals surface area contributed by atoms with Crippen molar-refractivity contribution in [3.05, 3.63) is 100 Å². The number of hydrogen-bond acceptors (Lipinski definition) is 4. The summed E-state index contributed by atoms with van der Waals surface area (Å²) in [6.07, 6.45) is 1.62. The number of H-pyrrole nitrogens is 2. The summed E-state index contributed by atoms with van der Waals surface area (Å²) in [4.78, 5) is 28.1. The van der Waals surface area contributed by atoms with E-state index < -0.39 is 5.91 Å². The van der Waals surface area contributed by atoms with Gasteiger partial charge < -0.3 is 4.98 Å². The first-order valence-corrected chi connectivity index (χ1v) is 9.69. The van der Waals surface area contributed by atoms with Gasteiger partial charge in [0.15, 0.2) is 5.69 Å². The van der Waals surface area contributed by atoms with Crippen LogP contribution in [0, 0.1) is 0 Å². The van der Waals surface area contributed by atoms with Crippen LogP contribution >= 0.6 is 0 Å². The number of hydrogen-bond donors (Lipinski definition) is 3. The lowest BCUT2D eigenvalue weighted by Gasteiger charge is -2.03. The lowest BCUT2D eigenvalue weighted by molar-refractivity contribution is 0.0951. The second-order valence-corrected chi connectivity index (χ2v) is 6.97. The third-order valence-corrected chi connectivity index (χ3v) is 5.08. The highest BCUT2D eigenvalue weighted by Crippen LogP contribution is 2.28. The summed E-state index contributed by atoms with van der Waals surface area (Å²) in [5, 5.41) is 12.3. The van der Waals surface area contributed by atoms with E-state index in [4.69, 9.17) is 0 Å². The predicted molar refractivity (Wildman–Crippen MR) is 121 cm³/mol. The molecule has 5 rings (SSSR count). The van der Waals surface area contributed by atoms with Crippen LogP contribution in [0.1, 0.15) is 16.1 Å². The van der Waals surface area contributed by atoms with E-state index in [0.717, 1.165) is 27.7 Å². The monoisotopic (exact) mass is 407 g/mol. The van der Waals surface area contributed by atoms with E-state index in [9.17, 15) is 9.59 Å². The highest BCUT2D eigenvalue weighted by atomic mass is 16.2. The molecule has 1 amide bonds. The molecule has 2 heterocycles. The summed E-state index contributed by atoms with van der Waals surface area (Å²) < 4.78 is 0. The van der Waals surface area contributed by atoms with E-state index >= 15 is 0 Å². The van der Waals surface area contributed by atoms with Gasteiger partial charge in [0.05, 0.1) is 17.3 Å². The highest BCUT2D eigenvalue weighted by Gasteiger charge is 2.14. The van der Waals surface area contributed by atoms with Crippen LogP contribution in [0.25, 0.3) is 32.9 Å². The third-order valence-electron chi connectivity index (χ3n) is 5.08. The van der Waals surface area contributed by atoms with Crippen molar-refractivity contribution in [3.8, 4) is 11.3 Å². The smallest absolute Gasteiger partial charge is 0.292 e. The van der Waals surface area contributed by atoms with Gasteiger partial charge in [0.25, 0.3) is 11.5 Å². The number of rotatable bonds is 4. The largest absolute Gasteiger partial charge is 0.354 e. The van der Waals surface area contributed by atoms with E-state index in [1.807, 2.05) is 54.6 Å². The summed E-state index contributed by atoms with van der Waals surface area (Å²) >= 11 is 0. The van der Waals surface area contributed by atoms with Crippen LogP contribution in [0.15, 0.2) is 88.8 Å². The van der Waals surface area contributed by atoms with E-state index in [-0.39, 0.29) is 11.3 Å². The average Bonchev–Trinajstić information content (AvgIpc) is 3.19. The number of amides is 1. The fraction of sp³-hybridized carbons (Fsp3) is 0. The molecule has 3 aromatic carbocycles. The molecule has 0 aliphatic carbocycles. The molecule has 0 saturated carbocycles. The minimum absolute atomic E-state index is 0.106. The summed E-state index contributed by atoms with van der Waals surface area (Å²) in [5.74, 6) is -0.509. The van der Waals surface area contributed by atoms with E-state index in [1.54, 1.807) is 30.5 Å². The predicted octanol–water partition coefficient (Wildman–Crippen LogP) is 3.84. The van der Waals surface area contributed by atoms with E-state index in [2.05, 4.69) is 25.7 Å². The molecule has 0 spiro atoms. The van der Waals surface area contributed by atoms with Gasteiger partial charge in [-0.15, -0.1) is 0 Å². The van der Waals surface area contributed by atoms with E-state index in [0.29, 0.717) is 10.8 Å². The Morgan fingerprint density at radius 2 is 1.55 bits per heavy atom. The van der Waals surface area contributed by atoms with Crippen LogP contribution in [0.2, 0.25) is 0 Å². The molecule has 31 heavy (non-hydrogen) atoms. The molecule has 2 aromatic heterocycles. The number of hydrazone groups is 1. The topological polar surface area (TPSA) is 103 Å². The highest BCUT2D eigenvalue weighted by molar-refractivity contribution is 6.07. The van der Waals surface area contributed by atoms with E-state index in [1.165, 1.54) is 0 Å². The maximum atomic E-state index is 12.7. The first-order valence-electron chi connectivity index (χ1n) is 9.69. The van der Waals surface area contributed by atoms with Crippen molar-refractivity contribution in [1.82, 2.24) is 20.6 Å². The van der Waals surface area contributed by atoms with Crippen LogP contribution in [-0.2, 0) is 0 Å². The Morgan fingerprint density at radius 1 is 0.871 bits per heavy atom. The molecule has 3 N–H and O–H groups in total. The number of aromatic amines is 2. The van der Waals surface area contributed by atoms with Gasteiger partial charge >= 0.3 is 0 Å². The van der Waals surface area contributed by atoms with Crippen molar-refractivity contribution in [1.29, 1.82) is 0 Å².